The van der Waals surface area contributed by atoms with Gasteiger partial charge in [-0.3, -0.25) is 4.98 Å². The molecule has 5 heterocycles. The van der Waals surface area contributed by atoms with E-state index < -0.39 is 5.97 Å². The number of nitrogens with zero attached hydrogens (tertiary/aromatic N) is 4. The van der Waals surface area contributed by atoms with Crippen LogP contribution in [0.1, 0.15) is 109 Å². The fourth-order valence-corrected chi connectivity index (χ4v) is 6.62. The predicted molar refractivity (Wildman–Crippen MR) is 165 cm³/mol. The molecular formula is C34H32MgN4O3-2. The minimum atomic E-state index is -1.10. The standard InChI is InChI=1S/C34H35N4O3.Mg/c1-7-19-16(4)24-13-26-18(6)22(10-11-31(40)41)33(37-26)23-12-30(39)32-21(9-3)29(38-34(23)32)15-28-20(8-2)17(5)25(36-28)14-27(19)35-24;/h7,12-15,18,22H,1,8-11H2,2-6H3,(H3-,35,36,37,38,39,40,41);/q-1;+2/p-3/t18-,22-;/m0./s1. The van der Waals surface area contributed by atoms with E-state index in [2.05, 4.69) is 20.4 Å². The minimum Gasteiger partial charge on any atom is -0.872 e. The molecule has 42 heavy (non-hydrogen) atoms. The van der Waals surface area contributed by atoms with Crippen LogP contribution in [0.15, 0.2) is 24.8 Å². The first-order valence-corrected chi connectivity index (χ1v) is 14.3. The Morgan fingerprint density at radius 1 is 1.05 bits per heavy atom. The van der Waals surface area contributed by atoms with E-state index in [1.165, 1.54) is 0 Å². The van der Waals surface area contributed by atoms with Gasteiger partial charge in [-0.05, 0) is 67.4 Å². The van der Waals surface area contributed by atoms with Crippen LogP contribution in [0, 0.1) is 6.92 Å². The number of carbonyl (C=O) groups excluding carboxylic acids is 1. The second kappa shape index (κ2) is 11.2. The van der Waals surface area contributed by atoms with Crippen LogP contribution in [-0.4, -0.2) is 39.0 Å². The summed E-state index contributed by atoms with van der Waals surface area (Å²) < 4.78 is 0. The monoisotopic (exact) mass is 568 g/mol. The Kier molecular flexibility index (Phi) is 7.98. The summed E-state index contributed by atoms with van der Waals surface area (Å²) in [4.78, 5) is 31.6. The Bertz CT molecular complexity index is 1870. The molecule has 0 radical (unpaired) electrons. The summed E-state index contributed by atoms with van der Waals surface area (Å²) in [5.41, 5.74) is 12.5. The SMILES string of the molecule is C=Cc1c(C)c2cc3nc(c4c5[n-]c(cc6nc(cc1[n-]2)C(C)=C6CC)c(CC)c5C([O-])=C4)[C@@H](CCC(=O)[O-])[C@@H]3C.[Mg+2]. The third-order valence-electron chi connectivity index (χ3n) is 8.90. The van der Waals surface area contributed by atoms with Gasteiger partial charge >= 0.3 is 23.1 Å². The van der Waals surface area contributed by atoms with E-state index in [9.17, 15) is 15.0 Å². The maximum Gasteiger partial charge on any atom is 2.00 e. The fraction of sp³-hybridized carbons (Fsp3) is 0.324. The molecule has 2 aliphatic heterocycles. The maximum absolute atomic E-state index is 13.4. The van der Waals surface area contributed by atoms with Gasteiger partial charge in [-0.25, -0.2) is 4.98 Å². The zero-order valence-electron chi connectivity index (χ0n) is 24.8. The van der Waals surface area contributed by atoms with Crippen molar-refractivity contribution in [1.82, 2.24) is 19.9 Å². The Morgan fingerprint density at radius 2 is 1.79 bits per heavy atom. The molecule has 8 bridgehead atoms. The topological polar surface area (TPSA) is 117 Å². The van der Waals surface area contributed by atoms with E-state index in [-0.39, 0.29) is 47.1 Å². The Hall–Kier alpha value is -3.62. The van der Waals surface area contributed by atoms with Crippen LogP contribution in [0.2, 0.25) is 0 Å². The summed E-state index contributed by atoms with van der Waals surface area (Å²) in [7, 11) is 0. The molecule has 7 nitrogen and oxygen atoms in total. The molecule has 8 heteroatoms. The van der Waals surface area contributed by atoms with Gasteiger partial charge in [0, 0.05) is 23.5 Å². The second-order valence-corrected chi connectivity index (χ2v) is 11.1. The van der Waals surface area contributed by atoms with Gasteiger partial charge in [0.1, 0.15) is 0 Å². The Balaban J connectivity index is 0.00000353. The molecule has 0 aromatic carbocycles. The Morgan fingerprint density at radius 3 is 2.45 bits per heavy atom. The average molecular weight is 569 g/mol. The smallest absolute Gasteiger partial charge is 0.872 e. The zero-order chi connectivity index (χ0) is 29.2. The van der Waals surface area contributed by atoms with E-state index in [1.807, 2.05) is 45.0 Å². The van der Waals surface area contributed by atoms with Gasteiger partial charge in [-0.15, -0.1) is 27.8 Å². The van der Waals surface area contributed by atoms with Crippen molar-refractivity contribution in [3.63, 3.8) is 0 Å². The van der Waals surface area contributed by atoms with Crippen LogP contribution in [0.5, 0.6) is 0 Å². The molecule has 0 saturated heterocycles. The molecule has 6 rings (SSSR count). The molecule has 3 aromatic rings. The molecule has 0 fully saturated rings. The first-order chi connectivity index (χ1) is 19.7. The van der Waals surface area contributed by atoms with Crippen molar-refractivity contribution in [2.75, 3.05) is 0 Å². The number of rotatable bonds is 6. The van der Waals surface area contributed by atoms with Gasteiger partial charge in [0.05, 0.1) is 17.1 Å². The van der Waals surface area contributed by atoms with Crippen molar-refractivity contribution in [1.29, 1.82) is 0 Å². The molecule has 3 aliphatic rings. The summed E-state index contributed by atoms with van der Waals surface area (Å²) in [6, 6.07) is 6.00. The number of aryl methyl sites for hydroxylation is 2. The van der Waals surface area contributed by atoms with E-state index >= 15 is 0 Å². The average Bonchev–Trinajstić information content (AvgIpc) is 3.69. The molecule has 3 aromatic heterocycles. The minimum absolute atomic E-state index is 0. The summed E-state index contributed by atoms with van der Waals surface area (Å²) in [5, 5.41) is 24.9. The molecule has 0 spiro atoms. The van der Waals surface area contributed by atoms with Crippen LogP contribution in [0.4, 0.5) is 0 Å². The number of aromatic nitrogens is 4. The van der Waals surface area contributed by atoms with Crippen molar-refractivity contribution in [2.45, 2.75) is 72.1 Å². The van der Waals surface area contributed by atoms with E-state index in [4.69, 9.17) is 19.9 Å². The third kappa shape index (κ3) is 4.61. The quantitative estimate of drug-likeness (QED) is 0.398. The number of aliphatic carboxylic acids is 1. The number of carboxylic acid groups (broad SMARTS) is 1. The Labute approximate surface area is 261 Å². The normalized spacial score (nSPS) is 17.3. The fourth-order valence-electron chi connectivity index (χ4n) is 6.62. The number of hydrogen-bond acceptors (Lipinski definition) is 5. The van der Waals surface area contributed by atoms with Crippen molar-refractivity contribution < 1.29 is 15.0 Å². The summed E-state index contributed by atoms with van der Waals surface area (Å²) in [6.07, 6.45) is 5.15. The van der Waals surface area contributed by atoms with Crippen molar-refractivity contribution in [3.05, 3.63) is 75.4 Å². The molecule has 2 atom stereocenters. The number of allylic oxidation sites excluding steroid dienone is 2. The first-order valence-electron chi connectivity index (χ1n) is 14.3. The molecule has 0 unspecified atom stereocenters. The summed E-state index contributed by atoms with van der Waals surface area (Å²) in [6.45, 7) is 14.4. The van der Waals surface area contributed by atoms with Crippen molar-refractivity contribution in [2.24, 2.45) is 0 Å². The molecule has 0 N–H and O–H groups in total. The largest absolute Gasteiger partial charge is 2.00 e. The van der Waals surface area contributed by atoms with Gasteiger partial charge in [-0.1, -0.05) is 68.8 Å². The number of fused-ring (bicyclic) bond motifs is 8. The number of hydrogen-bond donors (Lipinski definition) is 0. The zero-order valence-corrected chi connectivity index (χ0v) is 26.2. The van der Waals surface area contributed by atoms with Crippen molar-refractivity contribution in [3.8, 4) is 0 Å². The predicted octanol–water partition coefficient (Wildman–Crippen LogP) is 4.64. The van der Waals surface area contributed by atoms with Gasteiger partial charge in [0.2, 0.25) is 0 Å². The van der Waals surface area contributed by atoms with Crippen LogP contribution in [-0.2, 0) is 11.2 Å². The molecule has 210 valence electrons. The molecule has 0 amide bonds. The second-order valence-electron chi connectivity index (χ2n) is 11.1. The van der Waals surface area contributed by atoms with Crippen LogP contribution >= 0.6 is 0 Å². The van der Waals surface area contributed by atoms with Gasteiger partial charge in [0.15, 0.2) is 0 Å². The number of carboxylic acids is 1. The van der Waals surface area contributed by atoms with Crippen LogP contribution < -0.4 is 20.2 Å². The summed E-state index contributed by atoms with van der Waals surface area (Å²) in [5.74, 6) is -1.48. The van der Waals surface area contributed by atoms with E-state index in [0.29, 0.717) is 35.2 Å². The molecule has 0 saturated carbocycles. The first kappa shape index (κ1) is 29.9. The van der Waals surface area contributed by atoms with Gasteiger partial charge in [0.25, 0.3) is 0 Å². The van der Waals surface area contributed by atoms with E-state index in [0.717, 1.165) is 67.9 Å². The van der Waals surface area contributed by atoms with Gasteiger partial charge in [-0.2, -0.15) is 0 Å². The third-order valence-corrected chi connectivity index (χ3v) is 8.90. The van der Waals surface area contributed by atoms with Crippen LogP contribution in [0.3, 0.4) is 0 Å². The van der Waals surface area contributed by atoms with Crippen LogP contribution in [0.25, 0.3) is 51.1 Å². The van der Waals surface area contributed by atoms with Crippen molar-refractivity contribution >= 4 is 80.1 Å². The molecular weight excluding hydrogens is 537 g/mol. The van der Waals surface area contributed by atoms with Gasteiger partial charge < -0.3 is 25.0 Å². The number of carbonyl (C=O) groups is 1. The maximum atomic E-state index is 13.4. The molecule has 1 aliphatic carbocycles. The summed E-state index contributed by atoms with van der Waals surface area (Å²) >= 11 is 0. The van der Waals surface area contributed by atoms with E-state index in [1.54, 1.807) is 6.08 Å².